The molecule has 0 saturated heterocycles. The number of hydrogen-bond acceptors (Lipinski definition) is 3. The highest BCUT2D eigenvalue weighted by Gasteiger charge is 2.30. The first kappa shape index (κ1) is 17.1. The van der Waals surface area contributed by atoms with Crippen molar-refractivity contribution in [3.63, 3.8) is 0 Å². The van der Waals surface area contributed by atoms with Crippen LogP contribution in [0.4, 0.5) is 14.5 Å². The molecule has 0 spiro atoms. The van der Waals surface area contributed by atoms with Crippen molar-refractivity contribution in [1.82, 2.24) is 9.78 Å². The van der Waals surface area contributed by atoms with Crippen LogP contribution in [0.15, 0.2) is 36.7 Å². The molecule has 8 heteroatoms. The van der Waals surface area contributed by atoms with Gasteiger partial charge in [-0.15, -0.1) is 0 Å². The van der Waals surface area contributed by atoms with Gasteiger partial charge >= 0.3 is 12.5 Å². The summed E-state index contributed by atoms with van der Waals surface area (Å²) in [7, 11) is 0. The molecule has 3 rings (SSSR count). The fourth-order valence-corrected chi connectivity index (χ4v) is 3.10. The van der Waals surface area contributed by atoms with Crippen molar-refractivity contribution in [2.75, 3.05) is 11.4 Å². The van der Waals surface area contributed by atoms with Crippen molar-refractivity contribution >= 4 is 17.6 Å². The summed E-state index contributed by atoms with van der Waals surface area (Å²) in [4.78, 5) is 25.1. The molecule has 0 aliphatic carbocycles. The maximum absolute atomic E-state index is 12.8. The smallest absolute Gasteiger partial charge is 0.333 e. The van der Waals surface area contributed by atoms with Gasteiger partial charge in [-0.1, -0.05) is 18.2 Å². The van der Waals surface area contributed by atoms with Gasteiger partial charge in [0.05, 0.1) is 11.8 Å². The highest BCUT2D eigenvalue weighted by atomic mass is 19.3. The Balaban J connectivity index is 1.86. The zero-order valence-corrected chi connectivity index (χ0v) is 13.3. The van der Waals surface area contributed by atoms with Gasteiger partial charge in [0.25, 0.3) is 5.91 Å². The van der Waals surface area contributed by atoms with Crippen LogP contribution in [0.3, 0.4) is 0 Å². The van der Waals surface area contributed by atoms with Gasteiger partial charge in [-0.25, -0.2) is 4.68 Å². The summed E-state index contributed by atoms with van der Waals surface area (Å²) >= 11 is 0. The number of halogens is 2. The van der Waals surface area contributed by atoms with Gasteiger partial charge in [0, 0.05) is 24.8 Å². The molecule has 132 valence electrons. The van der Waals surface area contributed by atoms with Gasteiger partial charge in [0.2, 0.25) is 0 Å². The number of amides is 1. The van der Waals surface area contributed by atoms with E-state index in [2.05, 4.69) is 5.10 Å². The molecule has 0 radical (unpaired) electrons. The number of para-hydroxylation sites is 1. The second-order valence-electron chi connectivity index (χ2n) is 6.03. The number of carbonyl (C=O) groups excluding carboxylic acids is 1. The molecule has 2 aromatic rings. The molecule has 1 aliphatic heterocycles. The van der Waals surface area contributed by atoms with E-state index in [0.717, 1.165) is 23.6 Å². The molecule has 1 N–H and O–H groups in total. The topological polar surface area (TPSA) is 75.4 Å². The van der Waals surface area contributed by atoms with Crippen LogP contribution in [0.2, 0.25) is 0 Å². The molecule has 25 heavy (non-hydrogen) atoms. The van der Waals surface area contributed by atoms with E-state index in [9.17, 15) is 18.4 Å². The van der Waals surface area contributed by atoms with Crippen LogP contribution in [-0.2, 0) is 11.2 Å². The first-order chi connectivity index (χ1) is 12.0. The van der Waals surface area contributed by atoms with Gasteiger partial charge in [-0.3, -0.25) is 9.59 Å². The van der Waals surface area contributed by atoms with Crippen molar-refractivity contribution < 1.29 is 23.5 Å². The lowest BCUT2D eigenvalue weighted by atomic mass is 9.89. The third kappa shape index (κ3) is 3.67. The van der Waals surface area contributed by atoms with Gasteiger partial charge in [0.1, 0.15) is 0 Å². The lowest BCUT2D eigenvalue weighted by molar-refractivity contribution is -0.137. The van der Waals surface area contributed by atoms with Crippen molar-refractivity contribution in [3.8, 4) is 0 Å². The first-order valence-electron chi connectivity index (χ1n) is 7.89. The van der Waals surface area contributed by atoms with Crippen LogP contribution >= 0.6 is 0 Å². The quantitative estimate of drug-likeness (QED) is 0.900. The molecular weight excluding hydrogens is 332 g/mol. The summed E-state index contributed by atoms with van der Waals surface area (Å²) in [6.45, 7) is -2.46. The van der Waals surface area contributed by atoms with E-state index >= 15 is 0 Å². The number of fused-ring (bicyclic) bond motifs is 1. The number of anilines is 1. The summed E-state index contributed by atoms with van der Waals surface area (Å²) in [5.74, 6) is -1.30. The molecule has 1 aromatic heterocycles. The highest BCUT2D eigenvalue weighted by molar-refractivity contribution is 6.06. The van der Waals surface area contributed by atoms with E-state index in [0.29, 0.717) is 24.1 Å². The summed E-state index contributed by atoms with van der Waals surface area (Å²) in [6, 6.07) is 7.36. The van der Waals surface area contributed by atoms with E-state index in [4.69, 9.17) is 5.11 Å². The summed E-state index contributed by atoms with van der Waals surface area (Å²) < 4.78 is 25.8. The molecule has 0 fully saturated rings. The Morgan fingerprint density at radius 3 is 2.76 bits per heavy atom. The van der Waals surface area contributed by atoms with Gasteiger partial charge in [-0.2, -0.15) is 13.9 Å². The van der Waals surface area contributed by atoms with Crippen molar-refractivity contribution in [1.29, 1.82) is 0 Å². The predicted molar refractivity (Wildman–Crippen MR) is 85.7 cm³/mol. The number of aromatic nitrogens is 2. The molecule has 1 aromatic carbocycles. The van der Waals surface area contributed by atoms with E-state index in [1.807, 2.05) is 12.1 Å². The Kier molecular flexibility index (Phi) is 4.78. The summed E-state index contributed by atoms with van der Waals surface area (Å²) in [5.41, 5.74) is 1.75. The Hall–Kier alpha value is -2.77. The minimum Gasteiger partial charge on any atom is -0.481 e. The number of alkyl halides is 2. The van der Waals surface area contributed by atoms with E-state index in [1.165, 1.54) is 4.90 Å². The Bertz CT molecular complexity index is 791. The van der Waals surface area contributed by atoms with Crippen LogP contribution in [0.25, 0.3) is 0 Å². The molecule has 1 atom stereocenters. The van der Waals surface area contributed by atoms with Crippen LogP contribution in [0, 0.1) is 5.92 Å². The minimum absolute atomic E-state index is 0.0000867. The molecule has 2 heterocycles. The first-order valence-corrected chi connectivity index (χ1v) is 7.89. The lowest BCUT2D eigenvalue weighted by Crippen LogP contribution is -2.40. The van der Waals surface area contributed by atoms with Crippen LogP contribution in [-0.4, -0.2) is 33.3 Å². The van der Waals surface area contributed by atoms with Crippen molar-refractivity contribution in [2.24, 2.45) is 5.92 Å². The largest absolute Gasteiger partial charge is 0.481 e. The molecule has 6 nitrogen and oxygen atoms in total. The zero-order chi connectivity index (χ0) is 18.0. The molecule has 1 amide bonds. The number of aliphatic carboxylic acids is 1. The predicted octanol–water partition coefficient (Wildman–Crippen LogP) is 2.96. The number of carboxylic acid groups (broad SMARTS) is 1. The maximum atomic E-state index is 12.8. The zero-order valence-electron chi connectivity index (χ0n) is 13.3. The second-order valence-corrected chi connectivity index (χ2v) is 6.03. The normalized spacial score (nSPS) is 16.8. The fraction of sp³-hybridized carbons (Fsp3) is 0.353. The van der Waals surface area contributed by atoms with E-state index in [-0.39, 0.29) is 17.9 Å². The fourth-order valence-electron chi connectivity index (χ4n) is 3.10. The molecular formula is C17H17F2N3O3. The number of rotatable bonds is 5. The Labute approximate surface area is 142 Å². The molecule has 0 bridgehead atoms. The standard InChI is InChI=1S/C17H17F2N3O3/c18-17(19)22-10-13(8-20-22)16(25)21-9-11(5-6-15(23)24)7-12-3-1-2-4-14(12)21/h1-4,8,10-11,17H,5-7,9H2,(H,23,24). The third-order valence-corrected chi connectivity index (χ3v) is 4.29. The SMILES string of the molecule is O=C(O)CCC1Cc2ccccc2N(C(=O)c2cnn(C(F)F)c2)C1. The lowest BCUT2D eigenvalue weighted by Gasteiger charge is -2.34. The van der Waals surface area contributed by atoms with Crippen LogP contribution in [0.1, 0.15) is 35.3 Å². The monoisotopic (exact) mass is 349 g/mol. The number of carboxylic acids is 1. The number of carbonyl (C=O) groups is 2. The van der Waals surface area contributed by atoms with Crippen LogP contribution < -0.4 is 4.90 Å². The number of benzene rings is 1. The molecule has 0 saturated carbocycles. The minimum atomic E-state index is -2.81. The number of nitrogens with zero attached hydrogens (tertiary/aromatic N) is 3. The molecule has 1 aliphatic rings. The van der Waals surface area contributed by atoms with Crippen molar-refractivity contribution in [3.05, 3.63) is 47.8 Å². The summed E-state index contributed by atoms with van der Waals surface area (Å²) in [6.07, 6.45) is 3.31. The van der Waals surface area contributed by atoms with Gasteiger partial charge in [-0.05, 0) is 30.4 Å². The van der Waals surface area contributed by atoms with E-state index in [1.54, 1.807) is 12.1 Å². The average Bonchev–Trinajstić information content (AvgIpc) is 3.09. The third-order valence-electron chi connectivity index (χ3n) is 4.29. The van der Waals surface area contributed by atoms with E-state index < -0.39 is 18.4 Å². The van der Waals surface area contributed by atoms with Crippen molar-refractivity contribution in [2.45, 2.75) is 25.8 Å². The second kappa shape index (κ2) is 7.00. The summed E-state index contributed by atoms with van der Waals surface area (Å²) in [5, 5.41) is 12.4. The average molecular weight is 349 g/mol. The maximum Gasteiger partial charge on any atom is 0.333 e. The van der Waals surface area contributed by atoms with Gasteiger partial charge in [0.15, 0.2) is 0 Å². The van der Waals surface area contributed by atoms with Crippen LogP contribution in [0.5, 0.6) is 0 Å². The number of hydrogen-bond donors (Lipinski definition) is 1. The Morgan fingerprint density at radius 2 is 2.08 bits per heavy atom. The Morgan fingerprint density at radius 1 is 1.32 bits per heavy atom. The molecule has 1 unspecified atom stereocenters. The highest BCUT2D eigenvalue weighted by Crippen LogP contribution is 2.32. The van der Waals surface area contributed by atoms with Gasteiger partial charge < -0.3 is 10.0 Å².